The number of hydrogen-bond donors (Lipinski definition) is 0. The van der Waals surface area contributed by atoms with Crippen molar-refractivity contribution >= 4 is 22.5 Å². The third kappa shape index (κ3) is 8.39. The number of piperazine rings is 1. The van der Waals surface area contributed by atoms with Crippen molar-refractivity contribution in [1.82, 2.24) is 14.8 Å². The van der Waals surface area contributed by atoms with Gasteiger partial charge in [0.15, 0.2) is 23.1 Å². The van der Waals surface area contributed by atoms with Gasteiger partial charge in [0.05, 0.1) is 25.7 Å². The van der Waals surface area contributed by atoms with E-state index in [1.54, 1.807) is 37.6 Å². The largest absolute Gasteiger partial charge is 0.493 e. The number of nitrogens with zero attached hydrogens (tertiary/aromatic N) is 3. The Morgan fingerprint density at radius 2 is 1.59 bits per heavy atom. The number of aromatic nitrogens is 1. The Morgan fingerprint density at radius 3 is 2.32 bits per heavy atom. The summed E-state index contributed by atoms with van der Waals surface area (Å²) >= 11 is 0. The number of carbonyl (C=O) groups excluding carboxylic acids is 2. The van der Waals surface area contributed by atoms with Gasteiger partial charge in [0, 0.05) is 63.2 Å². The van der Waals surface area contributed by atoms with Crippen LogP contribution in [0.1, 0.15) is 24.0 Å². The molecule has 0 atom stereocenters. The fourth-order valence-corrected chi connectivity index (χ4v) is 5.28. The van der Waals surface area contributed by atoms with E-state index in [1.807, 2.05) is 30.3 Å². The van der Waals surface area contributed by atoms with Crippen molar-refractivity contribution in [2.24, 2.45) is 0 Å². The molecule has 0 radical (unpaired) electrons. The summed E-state index contributed by atoms with van der Waals surface area (Å²) < 4.78 is 32.7. The Labute approximate surface area is 257 Å². The van der Waals surface area contributed by atoms with Gasteiger partial charge < -0.3 is 24.0 Å². The van der Waals surface area contributed by atoms with Crippen LogP contribution in [0.25, 0.3) is 10.9 Å². The minimum atomic E-state index is -0.608. The van der Waals surface area contributed by atoms with Crippen LogP contribution >= 0.6 is 0 Å². The van der Waals surface area contributed by atoms with Crippen molar-refractivity contribution < 1.29 is 28.2 Å². The number of benzene rings is 3. The maximum Gasteiger partial charge on any atom is 0.166 e. The smallest absolute Gasteiger partial charge is 0.166 e. The number of methoxy groups -OCH3 is 1. The molecular weight excluding hydrogens is 561 g/mol. The zero-order valence-corrected chi connectivity index (χ0v) is 25.3. The standard InChI is InChI=1S/C35H38FN3O5/c1-38-14-16-39(17-15-38)13-6-18-43-35-24-31-29(23-34(35)42-2)32(11-12-37-31)44-33-10-9-26(21-30(33)36)20-28(41)22-27(40)19-25-7-4-3-5-8-25/h3-5,7-12,21,23-24H,6,13-20,22H2,1-2H3. The number of halogens is 1. The van der Waals surface area contributed by atoms with Crippen molar-refractivity contribution in [3.63, 3.8) is 0 Å². The molecule has 0 bridgehead atoms. The fraction of sp³-hybridized carbons (Fsp3) is 0.343. The van der Waals surface area contributed by atoms with Crippen LogP contribution in [0, 0.1) is 5.82 Å². The molecule has 1 aliphatic heterocycles. The van der Waals surface area contributed by atoms with E-state index in [0.29, 0.717) is 40.3 Å². The second-order valence-electron chi connectivity index (χ2n) is 11.1. The average Bonchev–Trinajstić information content (AvgIpc) is 3.01. The van der Waals surface area contributed by atoms with E-state index < -0.39 is 5.82 Å². The van der Waals surface area contributed by atoms with Crippen molar-refractivity contribution in [1.29, 1.82) is 0 Å². The normalized spacial score (nSPS) is 14.0. The van der Waals surface area contributed by atoms with Crippen molar-refractivity contribution in [2.75, 3.05) is 53.5 Å². The summed E-state index contributed by atoms with van der Waals surface area (Å²) in [7, 11) is 3.72. The van der Waals surface area contributed by atoms with E-state index in [0.717, 1.165) is 44.7 Å². The van der Waals surface area contributed by atoms with Crippen LogP contribution in [0.4, 0.5) is 4.39 Å². The molecule has 9 heteroatoms. The maximum atomic E-state index is 15.1. The third-order valence-corrected chi connectivity index (χ3v) is 7.72. The van der Waals surface area contributed by atoms with Crippen LogP contribution in [0.15, 0.2) is 72.9 Å². The first-order valence-electron chi connectivity index (χ1n) is 14.9. The highest BCUT2D eigenvalue weighted by Gasteiger charge is 2.17. The molecule has 1 aliphatic rings. The minimum Gasteiger partial charge on any atom is -0.493 e. The quantitative estimate of drug-likeness (QED) is 0.139. The lowest BCUT2D eigenvalue weighted by Crippen LogP contribution is -2.44. The number of fused-ring (bicyclic) bond motifs is 1. The number of Topliss-reactive ketones (excluding diaryl/α,β-unsaturated/α-hetero) is 2. The van der Waals surface area contributed by atoms with Crippen LogP contribution in [0.5, 0.6) is 23.0 Å². The van der Waals surface area contributed by atoms with Crippen molar-refractivity contribution in [2.45, 2.75) is 25.7 Å². The Kier molecular flexibility index (Phi) is 10.5. The minimum absolute atomic E-state index is 0.0112. The Bertz CT molecular complexity index is 1590. The summed E-state index contributed by atoms with van der Waals surface area (Å²) in [6, 6.07) is 18.9. The third-order valence-electron chi connectivity index (χ3n) is 7.72. The molecule has 230 valence electrons. The van der Waals surface area contributed by atoms with Crippen LogP contribution < -0.4 is 14.2 Å². The van der Waals surface area contributed by atoms with Gasteiger partial charge in [-0.05, 0) is 48.9 Å². The van der Waals surface area contributed by atoms with Crippen LogP contribution in [0.3, 0.4) is 0 Å². The molecule has 44 heavy (non-hydrogen) atoms. The topological polar surface area (TPSA) is 81.2 Å². The van der Waals surface area contributed by atoms with E-state index >= 15 is 4.39 Å². The van der Waals surface area contributed by atoms with Crippen LogP contribution in [0.2, 0.25) is 0 Å². The van der Waals surface area contributed by atoms with E-state index in [2.05, 4.69) is 21.8 Å². The molecule has 2 heterocycles. The molecule has 1 fully saturated rings. The molecule has 1 aromatic heterocycles. The van der Waals surface area contributed by atoms with E-state index in [-0.39, 0.29) is 36.6 Å². The fourth-order valence-electron chi connectivity index (χ4n) is 5.28. The summed E-state index contributed by atoms with van der Waals surface area (Å²) in [5.74, 6) is 0.505. The molecule has 3 aromatic carbocycles. The molecule has 0 aliphatic carbocycles. The Hall–Kier alpha value is -4.34. The Balaban J connectivity index is 1.19. The second kappa shape index (κ2) is 14.9. The predicted molar refractivity (Wildman–Crippen MR) is 167 cm³/mol. The second-order valence-corrected chi connectivity index (χ2v) is 11.1. The molecule has 0 saturated carbocycles. The van der Waals surface area contributed by atoms with Crippen molar-refractivity contribution in [3.8, 4) is 23.0 Å². The lowest BCUT2D eigenvalue weighted by Gasteiger charge is -2.32. The van der Waals surface area contributed by atoms with E-state index in [1.165, 1.54) is 12.1 Å². The first-order valence-corrected chi connectivity index (χ1v) is 14.9. The first-order chi connectivity index (χ1) is 21.4. The van der Waals surface area contributed by atoms with Gasteiger partial charge in [0.25, 0.3) is 0 Å². The predicted octanol–water partition coefficient (Wildman–Crippen LogP) is 5.50. The van der Waals surface area contributed by atoms with Gasteiger partial charge in [0.1, 0.15) is 17.3 Å². The molecule has 0 unspecified atom stereocenters. The molecular formula is C35H38FN3O5. The van der Waals surface area contributed by atoms with Gasteiger partial charge in [-0.3, -0.25) is 14.6 Å². The zero-order chi connectivity index (χ0) is 30.9. The zero-order valence-electron chi connectivity index (χ0n) is 25.3. The number of rotatable bonds is 14. The maximum absolute atomic E-state index is 15.1. The van der Waals surface area contributed by atoms with Crippen molar-refractivity contribution in [3.05, 3.63) is 89.9 Å². The Morgan fingerprint density at radius 1 is 0.841 bits per heavy atom. The summed E-state index contributed by atoms with van der Waals surface area (Å²) in [5, 5.41) is 0.643. The molecule has 5 rings (SSSR count). The first kappa shape index (κ1) is 31.1. The van der Waals surface area contributed by atoms with Gasteiger partial charge in [0.2, 0.25) is 0 Å². The number of hydrogen-bond acceptors (Lipinski definition) is 8. The number of carbonyl (C=O) groups is 2. The molecule has 4 aromatic rings. The number of ether oxygens (including phenoxy) is 3. The van der Waals surface area contributed by atoms with E-state index in [9.17, 15) is 9.59 Å². The number of likely N-dealkylation sites (N-methyl/N-ethyl adjacent to an activating group) is 1. The van der Waals surface area contributed by atoms with Gasteiger partial charge in [-0.1, -0.05) is 36.4 Å². The van der Waals surface area contributed by atoms with Gasteiger partial charge >= 0.3 is 0 Å². The van der Waals surface area contributed by atoms with Gasteiger partial charge in [-0.2, -0.15) is 0 Å². The molecule has 1 saturated heterocycles. The van der Waals surface area contributed by atoms with Crippen LogP contribution in [-0.4, -0.2) is 79.8 Å². The summed E-state index contributed by atoms with van der Waals surface area (Å²) in [6.45, 7) is 5.83. The number of ketones is 2. The molecule has 8 nitrogen and oxygen atoms in total. The summed E-state index contributed by atoms with van der Waals surface area (Å²) in [6.07, 6.45) is 2.46. The van der Waals surface area contributed by atoms with Gasteiger partial charge in [-0.15, -0.1) is 0 Å². The highest BCUT2D eigenvalue weighted by molar-refractivity contribution is 6.00. The molecule has 0 N–H and O–H groups in total. The monoisotopic (exact) mass is 599 g/mol. The molecule has 0 spiro atoms. The average molecular weight is 600 g/mol. The SMILES string of the molecule is COc1cc2c(Oc3ccc(CC(=O)CC(=O)Cc4ccccc4)cc3F)ccnc2cc1OCCCN1CCN(C)CC1. The lowest BCUT2D eigenvalue weighted by atomic mass is 10.0. The van der Waals surface area contributed by atoms with E-state index in [4.69, 9.17) is 14.2 Å². The summed E-state index contributed by atoms with van der Waals surface area (Å²) in [5.41, 5.74) is 1.96. The van der Waals surface area contributed by atoms with Crippen LogP contribution in [-0.2, 0) is 22.4 Å². The summed E-state index contributed by atoms with van der Waals surface area (Å²) in [4.78, 5) is 34.0. The lowest BCUT2D eigenvalue weighted by molar-refractivity contribution is -0.126. The van der Waals surface area contributed by atoms with Gasteiger partial charge in [-0.25, -0.2) is 4.39 Å². The number of pyridine rings is 1. The highest BCUT2D eigenvalue weighted by atomic mass is 19.1. The molecule has 0 amide bonds. The highest BCUT2D eigenvalue weighted by Crippen LogP contribution is 2.37.